The van der Waals surface area contributed by atoms with Gasteiger partial charge in [0.15, 0.2) is 5.36 Å². The Balaban J connectivity index is 1.48. The number of fused-ring (bicyclic) bond motifs is 6. The highest BCUT2D eigenvalue weighted by atomic mass is 19.4. The SMILES string of the molecule is [C-]#[N+]/N=c1\c2cc(-c3cccc(C(F)(F)F)c3)ccc2c2cc3/c(=N/C#N)c4cc(-c5cccc(C(F)(F)F)c5)ccc4c3cc12. The normalized spacial score (nSPS) is 13.2. The van der Waals surface area contributed by atoms with E-state index in [-0.39, 0.29) is 0 Å². The molecule has 7 rings (SSSR count). The highest BCUT2D eigenvalue weighted by Crippen LogP contribution is 2.37. The molecule has 0 amide bonds. The third-order valence-electron chi connectivity index (χ3n) is 8.16. The Kier molecular flexibility index (Phi) is 6.43. The maximum absolute atomic E-state index is 13.4. The average Bonchev–Trinajstić information content (AvgIpc) is 3.50. The monoisotopic (exact) mass is 618 g/mol. The van der Waals surface area contributed by atoms with Crippen LogP contribution < -0.4 is 10.7 Å². The first-order valence-corrected chi connectivity index (χ1v) is 13.7. The lowest BCUT2D eigenvalue weighted by Gasteiger charge is -2.09. The quantitative estimate of drug-likeness (QED) is 0.0824. The van der Waals surface area contributed by atoms with Gasteiger partial charge in [0, 0.05) is 21.5 Å². The van der Waals surface area contributed by atoms with Crippen molar-refractivity contribution < 1.29 is 26.3 Å². The molecule has 0 heterocycles. The second kappa shape index (κ2) is 10.3. The van der Waals surface area contributed by atoms with Crippen molar-refractivity contribution in [2.75, 3.05) is 0 Å². The molecule has 10 heteroatoms. The summed E-state index contributed by atoms with van der Waals surface area (Å²) >= 11 is 0. The zero-order chi connectivity index (χ0) is 32.4. The maximum Gasteiger partial charge on any atom is 0.416 e. The van der Waals surface area contributed by atoms with Crippen molar-refractivity contribution in [1.29, 1.82) is 5.26 Å². The predicted octanol–water partition coefficient (Wildman–Crippen LogP) is 9.66. The zero-order valence-electron chi connectivity index (χ0n) is 23.3. The zero-order valence-corrected chi connectivity index (χ0v) is 23.3. The molecule has 222 valence electrons. The molecule has 0 spiro atoms. The van der Waals surface area contributed by atoms with Gasteiger partial charge in [-0.3, -0.25) is 0 Å². The molecule has 0 radical (unpaired) electrons. The smallest absolute Gasteiger partial charge is 0.181 e. The summed E-state index contributed by atoms with van der Waals surface area (Å²) in [6.07, 6.45) is -7.18. The third-order valence-corrected chi connectivity index (χ3v) is 8.16. The summed E-state index contributed by atoms with van der Waals surface area (Å²) in [6, 6.07) is 24.0. The molecule has 0 saturated carbocycles. The van der Waals surface area contributed by atoms with E-state index in [1.807, 2.05) is 18.3 Å². The molecule has 0 aliphatic rings. The number of nitriles is 1. The fourth-order valence-electron chi connectivity index (χ4n) is 6.11. The van der Waals surface area contributed by atoms with E-state index in [4.69, 9.17) is 6.57 Å². The average molecular weight is 619 g/mol. The maximum atomic E-state index is 13.4. The minimum atomic E-state index is -4.51. The molecule has 0 aromatic heterocycles. The van der Waals surface area contributed by atoms with E-state index in [2.05, 4.69) is 15.0 Å². The van der Waals surface area contributed by atoms with Gasteiger partial charge in [-0.1, -0.05) is 48.5 Å². The number of alkyl halides is 6. The van der Waals surface area contributed by atoms with Crippen molar-refractivity contribution in [3.8, 4) is 28.4 Å². The first-order chi connectivity index (χ1) is 22.0. The summed E-state index contributed by atoms with van der Waals surface area (Å²) in [4.78, 5) is 7.35. The Morgan fingerprint density at radius 2 is 0.957 bits per heavy atom. The molecule has 0 unspecified atom stereocenters. The molecule has 46 heavy (non-hydrogen) atoms. The van der Waals surface area contributed by atoms with E-state index in [0.29, 0.717) is 76.1 Å². The Bertz CT molecular complexity index is 2410. The van der Waals surface area contributed by atoms with E-state index in [1.54, 1.807) is 48.5 Å². The van der Waals surface area contributed by atoms with Gasteiger partial charge in [-0.05, 0) is 92.3 Å². The van der Waals surface area contributed by atoms with Crippen LogP contribution in [0.2, 0.25) is 0 Å². The van der Waals surface area contributed by atoms with Gasteiger partial charge in [-0.25, -0.2) is 0 Å². The van der Waals surface area contributed by atoms with Crippen LogP contribution >= 0.6 is 0 Å². The first-order valence-electron chi connectivity index (χ1n) is 13.7. The number of halogens is 6. The van der Waals surface area contributed by atoms with Crippen LogP contribution in [0.3, 0.4) is 0 Å². The van der Waals surface area contributed by atoms with Crippen molar-refractivity contribution in [3.63, 3.8) is 0 Å². The third kappa shape index (κ3) is 4.63. The van der Waals surface area contributed by atoms with E-state index in [1.165, 1.54) is 12.1 Å². The van der Waals surface area contributed by atoms with E-state index >= 15 is 0 Å². The Morgan fingerprint density at radius 1 is 0.522 bits per heavy atom. The minimum Gasteiger partial charge on any atom is -0.181 e. The number of rotatable bonds is 2. The standard InChI is InChI=1S/C36H16F6N4/c1-44-46-34-30-15-22(20-5-3-7-24(13-20)36(40,41)42)9-11-26(30)28-16-31-27(17-32(28)34)25-10-8-21(14-29(25)33(31)45-18-43)19-4-2-6-23(12-19)35(37,38)39/h2-17H/b45-33+,46-34+. The molecule has 7 aromatic rings. The van der Waals surface area contributed by atoms with Crippen molar-refractivity contribution in [2.24, 2.45) is 10.1 Å². The molecular weight excluding hydrogens is 602 g/mol. The summed E-state index contributed by atoms with van der Waals surface area (Å²) in [5.74, 6) is 0. The van der Waals surface area contributed by atoms with Crippen LogP contribution in [0.4, 0.5) is 26.3 Å². The molecule has 0 aliphatic heterocycles. The first kappa shape index (κ1) is 28.8. The van der Waals surface area contributed by atoms with Crippen molar-refractivity contribution in [1.82, 2.24) is 0 Å². The summed E-state index contributed by atoms with van der Waals surface area (Å²) in [5.41, 5.74) is 0.175. The lowest BCUT2D eigenvalue weighted by atomic mass is 10.0. The molecule has 4 nitrogen and oxygen atoms in total. The molecule has 0 aliphatic carbocycles. The number of hydrogen-bond donors (Lipinski definition) is 0. The second-order valence-electron chi connectivity index (χ2n) is 10.7. The lowest BCUT2D eigenvalue weighted by molar-refractivity contribution is -0.138. The summed E-state index contributed by atoms with van der Waals surface area (Å²) in [5, 5.41) is 19.5. The highest BCUT2D eigenvalue weighted by molar-refractivity contribution is 6.21. The molecule has 0 N–H and O–H groups in total. The summed E-state index contributed by atoms with van der Waals surface area (Å²) in [6.45, 7) is 7.47. The highest BCUT2D eigenvalue weighted by Gasteiger charge is 2.31. The fraction of sp³-hybridized carbons (Fsp3) is 0.0556. The number of hydrogen-bond acceptors (Lipinski definition) is 3. The van der Waals surface area contributed by atoms with Crippen molar-refractivity contribution in [3.05, 3.63) is 130 Å². The number of nitrogens with zero attached hydrogens (tertiary/aromatic N) is 4. The predicted molar refractivity (Wildman–Crippen MR) is 163 cm³/mol. The summed E-state index contributed by atoms with van der Waals surface area (Å²) < 4.78 is 80.4. The van der Waals surface area contributed by atoms with Crippen LogP contribution in [0.15, 0.2) is 107 Å². The Labute approximate surface area is 255 Å². The molecule has 0 atom stereocenters. The molecule has 7 aromatic carbocycles. The van der Waals surface area contributed by atoms with Gasteiger partial charge in [0.25, 0.3) is 0 Å². The second-order valence-corrected chi connectivity index (χ2v) is 10.7. The van der Waals surface area contributed by atoms with Crippen molar-refractivity contribution in [2.45, 2.75) is 12.4 Å². The van der Waals surface area contributed by atoms with Crippen LogP contribution in [0.1, 0.15) is 11.1 Å². The van der Waals surface area contributed by atoms with Gasteiger partial charge in [0.1, 0.15) is 0 Å². The van der Waals surface area contributed by atoms with E-state index < -0.39 is 23.5 Å². The molecule has 0 fully saturated rings. The molecule has 0 saturated heterocycles. The van der Waals surface area contributed by atoms with E-state index in [0.717, 1.165) is 24.3 Å². The van der Waals surface area contributed by atoms with Crippen LogP contribution in [-0.2, 0) is 12.4 Å². The van der Waals surface area contributed by atoms with Crippen LogP contribution in [-0.4, -0.2) is 0 Å². The van der Waals surface area contributed by atoms with Gasteiger partial charge < -0.3 is 0 Å². The topological polar surface area (TPSA) is 52.9 Å². The van der Waals surface area contributed by atoms with Crippen LogP contribution in [0.25, 0.3) is 70.3 Å². The number of benzene rings is 5. The molecule has 0 bridgehead atoms. The van der Waals surface area contributed by atoms with Gasteiger partial charge in [-0.15, -0.1) is 4.95 Å². The summed E-state index contributed by atoms with van der Waals surface area (Å²) in [7, 11) is 0. The van der Waals surface area contributed by atoms with Crippen LogP contribution in [0, 0.1) is 18.0 Å². The lowest BCUT2D eigenvalue weighted by Crippen LogP contribution is -2.04. The van der Waals surface area contributed by atoms with Gasteiger partial charge in [0.2, 0.25) is 6.19 Å². The van der Waals surface area contributed by atoms with Crippen LogP contribution in [0.5, 0.6) is 0 Å². The minimum absolute atomic E-state index is 0.349. The largest absolute Gasteiger partial charge is 0.416 e. The van der Waals surface area contributed by atoms with E-state index in [9.17, 15) is 31.6 Å². The van der Waals surface area contributed by atoms with Gasteiger partial charge in [-0.2, -0.15) is 43.2 Å². The Morgan fingerprint density at radius 3 is 1.41 bits per heavy atom. The molecular formula is C36H16F6N4. The van der Waals surface area contributed by atoms with Crippen molar-refractivity contribution >= 4 is 43.1 Å². The van der Waals surface area contributed by atoms with Gasteiger partial charge in [0.05, 0.1) is 21.6 Å². The fourth-order valence-corrected chi connectivity index (χ4v) is 6.11. The van der Waals surface area contributed by atoms with Gasteiger partial charge >= 0.3 is 12.4 Å². The Hall–Kier alpha value is -6.00.